The molecule has 144 valence electrons. The van der Waals surface area contributed by atoms with Crippen molar-refractivity contribution in [1.29, 1.82) is 0 Å². The van der Waals surface area contributed by atoms with E-state index in [1.54, 1.807) is 10.7 Å². The fourth-order valence-corrected chi connectivity index (χ4v) is 3.36. The number of rotatable bonds is 9. The summed E-state index contributed by atoms with van der Waals surface area (Å²) in [5, 5.41) is 8.62. The van der Waals surface area contributed by atoms with Crippen LogP contribution in [0, 0.1) is 12.7 Å². The summed E-state index contributed by atoms with van der Waals surface area (Å²) in [4.78, 5) is 0. The lowest BCUT2D eigenvalue weighted by Crippen LogP contribution is -2.07. The van der Waals surface area contributed by atoms with Crippen molar-refractivity contribution in [2.24, 2.45) is 7.05 Å². The predicted molar refractivity (Wildman–Crippen MR) is 109 cm³/mol. The van der Waals surface area contributed by atoms with E-state index in [-0.39, 0.29) is 5.82 Å². The first-order valence-electron chi connectivity index (χ1n) is 9.61. The lowest BCUT2D eigenvalue weighted by molar-refractivity contribution is 0.303. The van der Waals surface area contributed by atoms with Crippen LogP contribution in [0.1, 0.15) is 31.2 Å². The minimum absolute atomic E-state index is 0.285. The molecule has 0 bridgehead atoms. The van der Waals surface area contributed by atoms with Crippen LogP contribution in [0.2, 0.25) is 0 Å². The topological polar surface area (TPSA) is 39.1 Å². The number of unbranched alkanes of at least 4 members (excludes halogenated alkanes) is 3. The average Bonchev–Trinajstić information content (AvgIpc) is 2.96. The highest BCUT2D eigenvalue weighted by molar-refractivity contribution is 5.93. The van der Waals surface area contributed by atoms with Crippen molar-refractivity contribution in [3.63, 3.8) is 0 Å². The average molecular weight is 369 g/mol. The zero-order valence-electron chi connectivity index (χ0n) is 16.4. The third kappa shape index (κ3) is 4.66. The number of nitrogens with one attached hydrogen (secondary N) is 1. The Morgan fingerprint density at radius 1 is 1.07 bits per heavy atom. The Morgan fingerprint density at radius 2 is 1.89 bits per heavy atom. The molecule has 0 fully saturated rings. The van der Waals surface area contributed by atoms with E-state index in [1.807, 2.05) is 45.3 Å². The maximum absolute atomic E-state index is 14.8. The van der Waals surface area contributed by atoms with E-state index < -0.39 is 0 Å². The monoisotopic (exact) mass is 369 g/mol. The molecule has 0 aliphatic rings. The van der Waals surface area contributed by atoms with Crippen molar-refractivity contribution in [3.05, 3.63) is 47.8 Å². The van der Waals surface area contributed by atoms with Crippen molar-refractivity contribution < 1.29 is 9.13 Å². The predicted octanol–water partition coefficient (Wildman–Crippen LogP) is 4.85. The van der Waals surface area contributed by atoms with Gasteiger partial charge in [0.2, 0.25) is 0 Å². The van der Waals surface area contributed by atoms with Crippen molar-refractivity contribution in [2.75, 3.05) is 20.2 Å². The Kier molecular flexibility index (Phi) is 6.45. The highest BCUT2D eigenvalue weighted by atomic mass is 19.1. The molecular formula is C22H28FN3O. The third-order valence-corrected chi connectivity index (χ3v) is 4.78. The van der Waals surface area contributed by atoms with E-state index in [1.165, 1.54) is 18.9 Å². The summed E-state index contributed by atoms with van der Waals surface area (Å²) in [5.41, 5.74) is 3.36. The minimum Gasteiger partial charge on any atom is -0.493 e. The van der Waals surface area contributed by atoms with Gasteiger partial charge in [-0.15, -0.1) is 0 Å². The van der Waals surface area contributed by atoms with Crippen molar-refractivity contribution in [3.8, 4) is 17.0 Å². The molecule has 1 N–H and O–H groups in total. The summed E-state index contributed by atoms with van der Waals surface area (Å²) in [6.07, 6.45) is 4.48. The highest BCUT2D eigenvalue weighted by Gasteiger charge is 2.15. The van der Waals surface area contributed by atoms with Crippen molar-refractivity contribution in [1.82, 2.24) is 15.1 Å². The molecule has 3 rings (SSSR count). The van der Waals surface area contributed by atoms with Gasteiger partial charge in [-0.1, -0.05) is 25.0 Å². The second-order valence-corrected chi connectivity index (χ2v) is 7.00. The van der Waals surface area contributed by atoms with Crippen LogP contribution in [-0.2, 0) is 7.05 Å². The fraction of sp³-hybridized carbons (Fsp3) is 0.409. The number of hydrogen-bond donors (Lipinski definition) is 1. The summed E-state index contributed by atoms with van der Waals surface area (Å²) < 4.78 is 22.3. The largest absolute Gasteiger partial charge is 0.493 e. The molecule has 27 heavy (non-hydrogen) atoms. The molecule has 0 radical (unpaired) electrons. The standard InChI is InChI=1S/C22H28FN3O/c1-16-8-10-19-21(14-16)25-26(3)22(19)18-11-9-17(15-20(18)23)27-13-7-5-4-6-12-24-2/h8-11,14-15,24H,4-7,12-13H2,1-3H3. The number of hydrogen-bond acceptors (Lipinski definition) is 3. The summed E-state index contributed by atoms with van der Waals surface area (Å²) >= 11 is 0. The van der Waals surface area contributed by atoms with Crippen LogP contribution in [-0.4, -0.2) is 30.0 Å². The Bertz CT molecular complexity index is 904. The van der Waals surface area contributed by atoms with Crippen LogP contribution in [0.15, 0.2) is 36.4 Å². The van der Waals surface area contributed by atoms with Gasteiger partial charge < -0.3 is 10.1 Å². The lowest BCUT2D eigenvalue weighted by atomic mass is 10.1. The summed E-state index contributed by atoms with van der Waals surface area (Å²) in [5.74, 6) is 0.292. The molecule has 0 aliphatic heterocycles. The molecule has 1 aromatic heterocycles. The van der Waals surface area contributed by atoms with Crippen LogP contribution < -0.4 is 10.1 Å². The Labute approximate surface area is 160 Å². The maximum atomic E-state index is 14.8. The molecular weight excluding hydrogens is 341 g/mol. The number of aromatic nitrogens is 2. The molecule has 4 nitrogen and oxygen atoms in total. The molecule has 0 aliphatic carbocycles. The number of ether oxygens (including phenoxy) is 1. The van der Waals surface area contributed by atoms with Gasteiger partial charge in [0.15, 0.2) is 0 Å². The molecule has 0 spiro atoms. The van der Waals surface area contributed by atoms with Gasteiger partial charge in [0.05, 0.1) is 17.8 Å². The van der Waals surface area contributed by atoms with Gasteiger partial charge in [-0.05, 0) is 57.1 Å². The van der Waals surface area contributed by atoms with Gasteiger partial charge in [0, 0.05) is 24.1 Å². The number of fused-ring (bicyclic) bond motifs is 1. The second-order valence-electron chi connectivity index (χ2n) is 7.00. The molecule has 3 aromatic rings. The van der Waals surface area contributed by atoms with Gasteiger partial charge in [0.25, 0.3) is 0 Å². The first-order valence-corrected chi connectivity index (χ1v) is 9.61. The number of aryl methyl sites for hydroxylation is 2. The second kappa shape index (κ2) is 9.00. The van der Waals surface area contributed by atoms with E-state index in [0.717, 1.165) is 41.5 Å². The Balaban J connectivity index is 1.68. The summed E-state index contributed by atoms with van der Waals surface area (Å²) in [6, 6.07) is 11.2. The molecule has 2 aromatic carbocycles. The van der Waals surface area contributed by atoms with E-state index in [4.69, 9.17) is 4.74 Å². The molecule has 0 amide bonds. The van der Waals surface area contributed by atoms with Gasteiger partial charge >= 0.3 is 0 Å². The molecule has 0 saturated carbocycles. The number of nitrogens with zero attached hydrogens (tertiary/aromatic N) is 2. The summed E-state index contributed by atoms with van der Waals surface area (Å²) in [7, 11) is 3.82. The smallest absolute Gasteiger partial charge is 0.136 e. The van der Waals surface area contributed by atoms with E-state index in [9.17, 15) is 4.39 Å². The maximum Gasteiger partial charge on any atom is 0.136 e. The Morgan fingerprint density at radius 3 is 2.67 bits per heavy atom. The molecule has 5 heteroatoms. The van der Waals surface area contributed by atoms with Crippen molar-refractivity contribution >= 4 is 10.9 Å². The number of halogens is 1. The molecule has 1 heterocycles. The first-order chi connectivity index (χ1) is 13.1. The van der Waals surface area contributed by atoms with E-state index in [2.05, 4.69) is 10.4 Å². The third-order valence-electron chi connectivity index (χ3n) is 4.78. The van der Waals surface area contributed by atoms with E-state index in [0.29, 0.717) is 17.9 Å². The molecule has 0 saturated heterocycles. The van der Waals surface area contributed by atoms with Crippen molar-refractivity contribution in [2.45, 2.75) is 32.6 Å². The normalized spacial score (nSPS) is 11.3. The summed E-state index contributed by atoms with van der Waals surface area (Å²) in [6.45, 7) is 3.70. The lowest BCUT2D eigenvalue weighted by Gasteiger charge is -2.09. The van der Waals surface area contributed by atoms with Crippen LogP contribution >= 0.6 is 0 Å². The number of benzene rings is 2. The molecule has 0 atom stereocenters. The zero-order valence-corrected chi connectivity index (χ0v) is 16.4. The highest BCUT2D eigenvalue weighted by Crippen LogP contribution is 2.32. The van der Waals surface area contributed by atoms with Gasteiger partial charge in [-0.3, -0.25) is 4.68 Å². The van der Waals surface area contributed by atoms with E-state index >= 15 is 0 Å². The van der Waals surface area contributed by atoms with Gasteiger partial charge in [0.1, 0.15) is 11.6 Å². The van der Waals surface area contributed by atoms with Crippen LogP contribution in [0.4, 0.5) is 4.39 Å². The van der Waals surface area contributed by atoms with Crippen LogP contribution in [0.25, 0.3) is 22.2 Å². The van der Waals surface area contributed by atoms with Gasteiger partial charge in [-0.2, -0.15) is 5.10 Å². The minimum atomic E-state index is -0.285. The van der Waals surface area contributed by atoms with Gasteiger partial charge in [-0.25, -0.2) is 4.39 Å². The van der Waals surface area contributed by atoms with Crippen LogP contribution in [0.3, 0.4) is 0 Å². The SMILES string of the molecule is CNCCCCCCOc1ccc(-c2c3ccc(C)cc3nn2C)c(F)c1. The van der Waals surface area contributed by atoms with Crippen LogP contribution in [0.5, 0.6) is 5.75 Å². The quantitative estimate of drug-likeness (QED) is 0.548. The zero-order chi connectivity index (χ0) is 19.2. The fourth-order valence-electron chi connectivity index (χ4n) is 3.36. The Hall–Kier alpha value is -2.40. The first kappa shape index (κ1) is 19.4. The molecule has 0 unspecified atom stereocenters.